The number of benzene rings is 1. The first-order chi connectivity index (χ1) is 12.9. The number of hydrogen-bond donors (Lipinski definition) is 1. The third-order valence-corrected chi connectivity index (χ3v) is 3.61. The average molecular weight is 377 g/mol. The monoisotopic (exact) mass is 377 g/mol. The van der Waals surface area contributed by atoms with Gasteiger partial charge in [-0.15, -0.1) is 0 Å². The maximum absolute atomic E-state index is 12.6. The standard InChI is InChI=1S/C18H14F3N3O3/c19-18(20,21)14-3-1-13(2-4-14)15-11-16(24-27-15)26-17(25)23-10-7-12-5-8-22-9-6-12/h1-6,8-9,11H,7,10H2,(H,23,25). The van der Waals surface area contributed by atoms with Crippen LogP contribution < -0.4 is 10.1 Å². The summed E-state index contributed by atoms with van der Waals surface area (Å²) in [6.45, 7) is 0.354. The van der Waals surface area contributed by atoms with Crippen molar-refractivity contribution in [2.24, 2.45) is 0 Å². The Morgan fingerprint density at radius 1 is 1.11 bits per heavy atom. The molecule has 0 aliphatic heterocycles. The van der Waals surface area contributed by atoms with Crippen molar-refractivity contribution in [3.63, 3.8) is 0 Å². The van der Waals surface area contributed by atoms with Crippen LogP contribution in [0.5, 0.6) is 5.88 Å². The van der Waals surface area contributed by atoms with Gasteiger partial charge in [-0.25, -0.2) is 4.79 Å². The van der Waals surface area contributed by atoms with E-state index in [-0.39, 0.29) is 11.6 Å². The Bertz CT molecular complexity index is 893. The van der Waals surface area contributed by atoms with Crippen LogP contribution in [-0.4, -0.2) is 22.8 Å². The molecule has 0 radical (unpaired) electrons. The average Bonchev–Trinajstić information content (AvgIpc) is 3.10. The Morgan fingerprint density at radius 2 is 1.81 bits per heavy atom. The summed E-state index contributed by atoms with van der Waals surface area (Å²) < 4.78 is 47.7. The molecule has 1 aromatic carbocycles. The van der Waals surface area contributed by atoms with Gasteiger partial charge < -0.3 is 14.6 Å². The number of amides is 1. The molecule has 140 valence electrons. The molecule has 3 aromatic rings. The lowest BCUT2D eigenvalue weighted by Crippen LogP contribution is -2.28. The molecule has 9 heteroatoms. The van der Waals surface area contributed by atoms with Gasteiger partial charge in [0.05, 0.1) is 11.6 Å². The number of nitrogens with zero attached hydrogens (tertiary/aromatic N) is 2. The fourth-order valence-electron chi connectivity index (χ4n) is 2.26. The van der Waals surface area contributed by atoms with E-state index in [1.807, 2.05) is 12.1 Å². The van der Waals surface area contributed by atoms with Crippen molar-refractivity contribution in [1.82, 2.24) is 15.5 Å². The molecule has 2 aromatic heterocycles. The quantitative estimate of drug-likeness (QED) is 0.725. The Morgan fingerprint density at radius 3 is 2.48 bits per heavy atom. The summed E-state index contributed by atoms with van der Waals surface area (Å²) in [7, 11) is 0. The summed E-state index contributed by atoms with van der Waals surface area (Å²) >= 11 is 0. The summed E-state index contributed by atoms with van der Waals surface area (Å²) in [6.07, 6.45) is -1.20. The number of ether oxygens (including phenoxy) is 1. The molecule has 0 spiro atoms. The second-order valence-electron chi connectivity index (χ2n) is 5.53. The highest BCUT2D eigenvalue weighted by Gasteiger charge is 2.30. The molecule has 0 saturated heterocycles. The highest BCUT2D eigenvalue weighted by molar-refractivity contribution is 5.70. The van der Waals surface area contributed by atoms with Crippen molar-refractivity contribution in [1.29, 1.82) is 0 Å². The fourth-order valence-corrected chi connectivity index (χ4v) is 2.26. The van der Waals surface area contributed by atoms with Gasteiger partial charge in [-0.3, -0.25) is 4.98 Å². The first-order valence-corrected chi connectivity index (χ1v) is 7.91. The summed E-state index contributed by atoms with van der Waals surface area (Å²) in [5.41, 5.74) is 0.621. The Hall–Kier alpha value is -3.36. The van der Waals surface area contributed by atoms with Crippen molar-refractivity contribution in [3.05, 3.63) is 66.0 Å². The SMILES string of the molecule is O=C(NCCc1ccncc1)Oc1cc(-c2ccc(C(F)(F)F)cc2)on1. The zero-order valence-electron chi connectivity index (χ0n) is 13.9. The third kappa shape index (κ3) is 5.06. The van der Waals surface area contributed by atoms with Crippen LogP contribution in [0.4, 0.5) is 18.0 Å². The number of halogens is 3. The summed E-state index contributed by atoms with van der Waals surface area (Å²) in [5.74, 6) is 0.0922. The van der Waals surface area contributed by atoms with Gasteiger partial charge in [0.15, 0.2) is 5.76 Å². The largest absolute Gasteiger partial charge is 0.416 e. The lowest BCUT2D eigenvalue weighted by molar-refractivity contribution is -0.137. The summed E-state index contributed by atoms with van der Waals surface area (Å²) in [5, 5.41) is 6.15. The lowest BCUT2D eigenvalue weighted by Gasteiger charge is -2.06. The summed E-state index contributed by atoms with van der Waals surface area (Å²) in [4.78, 5) is 15.7. The van der Waals surface area contributed by atoms with E-state index in [1.165, 1.54) is 18.2 Å². The van der Waals surface area contributed by atoms with Crippen LogP contribution in [0.2, 0.25) is 0 Å². The van der Waals surface area contributed by atoms with Crippen LogP contribution >= 0.6 is 0 Å². The van der Waals surface area contributed by atoms with E-state index in [2.05, 4.69) is 15.5 Å². The predicted molar refractivity (Wildman–Crippen MR) is 88.9 cm³/mol. The number of carbonyl (C=O) groups excluding carboxylic acids is 1. The van der Waals surface area contributed by atoms with Gasteiger partial charge in [-0.1, -0.05) is 12.1 Å². The van der Waals surface area contributed by atoms with E-state index in [1.54, 1.807) is 12.4 Å². The highest BCUT2D eigenvalue weighted by atomic mass is 19.4. The summed E-state index contributed by atoms with van der Waals surface area (Å²) in [6, 6.07) is 9.37. The topological polar surface area (TPSA) is 77.2 Å². The lowest BCUT2D eigenvalue weighted by atomic mass is 10.1. The van der Waals surface area contributed by atoms with E-state index in [0.717, 1.165) is 17.7 Å². The van der Waals surface area contributed by atoms with E-state index in [0.29, 0.717) is 18.5 Å². The maximum Gasteiger partial charge on any atom is 0.416 e. The minimum atomic E-state index is -4.41. The van der Waals surface area contributed by atoms with Crippen LogP contribution in [0.1, 0.15) is 11.1 Å². The molecule has 0 fully saturated rings. The molecule has 1 N–H and O–H groups in total. The normalized spacial score (nSPS) is 11.2. The number of rotatable bonds is 5. The van der Waals surface area contributed by atoms with Gasteiger partial charge in [0, 0.05) is 24.5 Å². The number of pyridine rings is 1. The molecule has 6 nitrogen and oxygen atoms in total. The van der Waals surface area contributed by atoms with Crippen molar-refractivity contribution < 1.29 is 27.2 Å². The molecular weight excluding hydrogens is 363 g/mol. The van der Waals surface area contributed by atoms with Crippen LogP contribution in [0.3, 0.4) is 0 Å². The number of hydrogen-bond acceptors (Lipinski definition) is 5. The molecule has 2 heterocycles. The van der Waals surface area contributed by atoms with Crippen molar-refractivity contribution in [3.8, 4) is 17.2 Å². The van der Waals surface area contributed by atoms with Crippen LogP contribution in [0.15, 0.2) is 59.4 Å². The van der Waals surface area contributed by atoms with Gasteiger partial charge in [0.1, 0.15) is 0 Å². The van der Waals surface area contributed by atoms with E-state index < -0.39 is 17.8 Å². The molecule has 3 rings (SSSR count). The van der Waals surface area contributed by atoms with Gasteiger partial charge in [0.2, 0.25) is 0 Å². The maximum atomic E-state index is 12.6. The third-order valence-electron chi connectivity index (χ3n) is 3.61. The predicted octanol–water partition coefficient (Wildman–Crippen LogP) is 4.09. The fraction of sp³-hybridized carbons (Fsp3) is 0.167. The Kier molecular flexibility index (Phi) is 5.39. The number of alkyl halides is 3. The minimum absolute atomic E-state index is 0.0914. The molecule has 0 aliphatic carbocycles. The highest BCUT2D eigenvalue weighted by Crippen LogP contribution is 2.31. The molecule has 0 saturated carbocycles. The molecule has 0 unspecified atom stereocenters. The molecule has 1 amide bonds. The first kappa shape index (κ1) is 18.4. The molecule has 0 atom stereocenters. The smallest absolute Gasteiger partial charge is 0.388 e. The van der Waals surface area contributed by atoms with Gasteiger partial charge in [-0.05, 0) is 41.4 Å². The van der Waals surface area contributed by atoms with E-state index in [9.17, 15) is 18.0 Å². The minimum Gasteiger partial charge on any atom is -0.388 e. The molecular formula is C18H14F3N3O3. The number of aromatic nitrogens is 2. The van der Waals surface area contributed by atoms with Gasteiger partial charge in [0.25, 0.3) is 5.88 Å². The molecule has 0 bridgehead atoms. The molecule has 27 heavy (non-hydrogen) atoms. The van der Waals surface area contributed by atoms with Gasteiger partial charge in [-0.2, -0.15) is 13.2 Å². The van der Waals surface area contributed by atoms with Crippen LogP contribution in [-0.2, 0) is 12.6 Å². The first-order valence-electron chi connectivity index (χ1n) is 7.91. The van der Waals surface area contributed by atoms with Crippen molar-refractivity contribution >= 4 is 6.09 Å². The van der Waals surface area contributed by atoms with E-state index in [4.69, 9.17) is 9.26 Å². The van der Waals surface area contributed by atoms with Crippen LogP contribution in [0, 0.1) is 0 Å². The van der Waals surface area contributed by atoms with Crippen molar-refractivity contribution in [2.75, 3.05) is 6.54 Å². The second kappa shape index (κ2) is 7.90. The van der Waals surface area contributed by atoms with E-state index >= 15 is 0 Å². The zero-order valence-corrected chi connectivity index (χ0v) is 13.9. The van der Waals surface area contributed by atoms with Crippen LogP contribution in [0.25, 0.3) is 11.3 Å². The second-order valence-corrected chi connectivity index (χ2v) is 5.53. The zero-order chi connectivity index (χ0) is 19.3. The Labute approximate surface area is 152 Å². The van der Waals surface area contributed by atoms with Gasteiger partial charge >= 0.3 is 12.3 Å². The number of nitrogens with one attached hydrogen (secondary N) is 1. The Balaban J connectivity index is 1.53. The number of carbonyl (C=O) groups is 1. The molecule has 0 aliphatic rings. The van der Waals surface area contributed by atoms with Crippen molar-refractivity contribution in [2.45, 2.75) is 12.6 Å².